The van der Waals surface area contributed by atoms with Crippen molar-refractivity contribution in [2.75, 3.05) is 14.2 Å². The Kier molecular flexibility index (Phi) is 6.36. The first-order valence-electron chi connectivity index (χ1n) is 13.1. The minimum atomic E-state index is -0.386. The maximum Gasteiger partial charge on any atom is 0.163 e. The van der Waals surface area contributed by atoms with Crippen molar-refractivity contribution in [3.05, 3.63) is 118 Å². The van der Waals surface area contributed by atoms with E-state index in [1.165, 1.54) is 0 Å². The smallest absolute Gasteiger partial charge is 0.163 e. The van der Waals surface area contributed by atoms with Gasteiger partial charge in [0.1, 0.15) is 23.0 Å². The highest BCUT2D eigenvalue weighted by molar-refractivity contribution is 6.06. The van der Waals surface area contributed by atoms with Gasteiger partial charge in [-0.25, -0.2) is 0 Å². The van der Waals surface area contributed by atoms with Crippen molar-refractivity contribution in [3.8, 4) is 11.5 Å². The van der Waals surface area contributed by atoms with E-state index in [2.05, 4.69) is 0 Å². The van der Waals surface area contributed by atoms with E-state index >= 15 is 0 Å². The van der Waals surface area contributed by atoms with Crippen LogP contribution in [0.4, 0.5) is 0 Å². The quantitative estimate of drug-likeness (QED) is 0.389. The Hall–Kier alpha value is -4.12. The number of methoxy groups -OCH3 is 2. The Morgan fingerprint density at radius 2 is 1.03 bits per heavy atom. The van der Waals surface area contributed by atoms with Crippen molar-refractivity contribution in [1.82, 2.24) is 0 Å². The summed E-state index contributed by atoms with van der Waals surface area (Å²) in [5.41, 5.74) is 4.43. The molecular weight excluding hydrogens is 476 g/mol. The molecule has 0 N–H and O–H groups in total. The maximum atomic E-state index is 13.7. The summed E-state index contributed by atoms with van der Waals surface area (Å²) in [4.78, 5) is 27.5. The number of rotatable bonds is 5. The van der Waals surface area contributed by atoms with E-state index in [4.69, 9.17) is 14.2 Å². The van der Waals surface area contributed by atoms with E-state index in [-0.39, 0.29) is 29.3 Å². The molecule has 0 fully saturated rings. The molecule has 5 nitrogen and oxygen atoms in total. The van der Waals surface area contributed by atoms with Gasteiger partial charge in [0.15, 0.2) is 11.6 Å². The second-order valence-corrected chi connectivity index (χ2v) is 10.2. The van der Waals surface area contributed by atoms with E-state index in [0.717, 1.165) is 28.2 Å². The highest BCUT2D eigenvalue weighted by Gasteiger charge is 2.45. The van der Waals surface area contributed by atoms with Crippen molar-refractivity contribution >= 4 is 11.6 Å². The van der Waals surface area contributed by atoms with Gasteiger partial charge in [-0.05, 0) is 52.8 Å². The molecule has 0 radical (unpaired) electrons. The lowest BCUT2D eigenvalue weighted by Crippen LogP contribution is -2.33. The number of carbonyl (C=O) groups is 2. The fourth-order valence-corrected chi connectivity index (χ4v) is 6.12. The summed E-state index contributed by atoms with van der Waals surface area (Å²) in [7, 11) is 3.29. The number of benzene rings is 3. The SMILES string of the molecule is COc1ccc(C2CC(=O)C3=C(C2)OC2=C(C(=O)CC(c4ccc(OC)cc4)C2)C3c2ccccc2)cc1. The third kappa shape index (κ3) is 4.32. The van der Waals surface area contributed by atoms with Gasteiger partial charge in [0, 0.05) is 42.7 Å². The molecule has 0 saturated heterocycles. The maximum absolute atomic E-state index is 13.7. The van der Waals surface area contributed by atoms with Crippen LogP contribution in [0.5, 0.6) is 11.5 Å². The average Bonchev–Trinajstić information content (AvgIpc) is 2.96. The molecule has 3 aromatic carbocycles. The molecular formula is C33H30O5. The molecule has 0 amide bonds. The van der Waals surface area contributed by atoms with Crippen LogP contribution in [0.15, 0.2) is 102 Å². The molecule has 0 bridgehead atoms. The number of Topliss-reactive ketones (excluding diaryl/α,β-unsaturated/α-hetero) is 2. The van der Waals surface area contributed by atoms with Gasteiger partial charge in [-0.1, -0.05) is 54.6 Å². The molecule has 2 atom stereocenters. The number of allylic oxidation sites excluding steroid dienone is 4. The summed E-state index contributed by atoms with van der Waals surface area (Å²) in [6.07, 6.45) is 2.02. The van der Waals surface area contributed by atoms with Crippen LogP contribution in [0, 0.1) is 0 Å². The molecule has 0 aromatic heterocycles. The van der Waals surface area contributed by atoms with E-state index in [9.17, 15) is 9.59 Å². The molecule has 6 rings (SSSR count). The van der Waals surface area contributed by atoms with Crippen LogP contribution in [0.1, 0.15) is 60.1 Å². The van der Waals surface area contributed by atoms with Crippen LogP contribution in [0.3, 0.4) is 0 Å². The summed E-state index contributed by atoms with van der Waals surface area (Å²) in [5, 5.41) is 0. The highest BCUT2D eigenvalue weighted by atomic mass is 16.5. The van der Waals surface area contributed by atoms with Gasteiger partial charge >= 0.3 is 0 Å². The summed E-state index contributed by atoms with van der Waals surface area (Å²) in [5.74, 6) is 2.74. The molecule has 0 saturated carbocycles. The van der Waals surface area contributed by atoms with Gasteiger partial charge in [-0.2, -0.15) is 0 Å². The minimum Gasteiger partial charge on any atom is -0.497 e. The van der Waals surface area contributed by atoms with Crippen LogP contribution >= 0.6 is 0 Å². The lowest BCUT2D eigenvalue weighted by molar-refractivity contribution is -0.118. The molecule has 2 unspecified atom stereocenters. The molecule has 3 aromatic rings. The number of ether oxygens (including phenoxy) is 3. The zero-order valence-electron chi connectivity index (χ0n) is 21.6. The van der Waals surface area contributed by atoms with Gasteiger partial charge in [0.2, 0.25) is 0 Å². The third-order valence-electron chi connectivity index (χ3n) is 8.06. The van der Waals surface area contributed by atoms with Crippen molar-refractivity contribution in [2.24, 2.45) is 0 Å². The van der Waals surface area contributed by atoms with E-state index in [1.807, 2.05) is 78.9 Å². The Balaban J connectivity index is 1.38. The summed E-state index contributed by atoms with van der Waals surface area (Å²) >= 11 is 0. The fraction of sp³-hybridized carbons (Fsp3) is 0.273. The number of ketones is 2. The first-order valence-corrected chi connectivity index (χ1v) is 13.1. The van der Waals surface area contributed by atoms with Crippen molar-refractivity contribution in [1.29, 1.82) is 0 Å². The predicted molar refractivity (Wildman–Crippen MR) is 144 cm³/mol. The second kappa shape index (κ2) is 9.97. The Morgan fingerprint density at radius 1 is 0.579 bits per heavy atom. The molecule has 1 aliphatic heterocycles. The Labute approximate surface area is 222 Å². The molecule has 0 spiro atoms. The zero-order valence-corrected chi connectivity index (χ0v) is 21.6. The molecule has 192 valence electrons. The summed E-state index contributed by atoms with van der Waals surface area (Å²) in [6.45, 7) is 0. The molecule has 38 heavy (non-hydrogen) atoms. The van der Waals surface area contributed by atoms with Gasteiger partial charge in [0.25, 0.3) is 0 Å². The lowest BCUT2D eigenvalue weighted by Gasteiger charge is -2.39. The largest absolute Gasteiger partial charge is 0.497 e. The number of hydrogen-bond acceptors (Lipinski definition) is 5. The van der Waals surface area contributed by atoms with Crippen molar-refractivity contribution in [2.45, 2.75) is 43.4 Å². The van der Waals surface area contributed by atoms with Gasteiger partial charge in [-0.15, -0.1) is 0 Å². The van der Waals surface area contributed by atoms with Crippen molar-refractivity contribution < 1.29 is 23.8 Å². The first-order chi connectivity index (χ1) is 18.6. The van der Waals surface area contributed by atoms with Gasteiger partial charge < -0.3 is 14.2 Å². The molecule has 5 heteroatoms. The normalized spacial score (nSPS) is 22.9. The Morgan fingerprint density at radius 3 is 1.45 bits per heavy atom. The molecule has 3 aliphatic rings. The standard InChI is InChI=1S/C33H30O5/c1-36-25-12-8-20(9-13-25)23-16-27(34)32-29(18-23)38-30-19-24(21-10-14-26(37-2)15-11-21)17-28(35)33(30)31(32)22-6-4-3-5-7-22/h3-15,23-24,31H,16-19H2,1-2H3. The van der Waals surface area contributed by atoms with E-state index in [0.29, 0.717) is 48.3 Å². The van der Waals surface area contributed by atoms with Crippen LogP contribution in [-0.2, 0) is 14.3 Å². The second-order valence-electron chi connectivity index (χ2n) is 10.2. The number of carbonyl (C=O) groups excluding carboxylic acids is 2. The molecule has 1 heterocycles. The van der Waals surface area contributed by atoms with Crippen molar-refractivity contribution in [3.63, 3.8) is 0 Å². The van der Waals surface area contributed by atoms with Crippen LogP contribution in [0.2, 0.25) is 0 Å². The van der Waals surface area contributed by atoms with E-state index < -0.39 is 0 Å². The summed E-state index contributed by atoms with van der Waals surface area (Å²) in [6, 6.07) is 25.7. The Bertz CT molecular complexity index is 1340. The van der Waals surface area contributed by atoms with Crippen LogP contribution in [0.25, 0.3) is 0 Å². The van der Waals surface area contributed by atoms with E-state index in [1.54, 1.807) is 14.2 Å². The fourth-order valence-electron chi connectivity index (χ4n) is 6.12. The summed E-state index contributed by atoms with van der Waals surface area (Å²) < 4.78 is 17.2. The zero-order chi connectivity index (χ0) is 26.2. The predicted octanol–water partition coefficient (Wildman–Crippen LogP) is 6.62. The topological polar surface area (TPSA) is 61.8 Å². The number of hydrogen-bond donors (Lipinski definition) is 0. The highest BCUT2D eigenvalue weighted by Crippen LogP contribution is 2.52. The van der Waals surface area contributed by atoms with Crippen LogP contribution in [-0.4, -0.2) is 25.8 Å². The third-order valence-corrected chi connectivity index (χ3v) is 8.06. The lowest BCUT2D eigenvalue weighted by atomic mass is 9.69. The van der Waals surface area contributed by atoms with Crippen LogP contribution < -0.4 is 9.47 Å². The molecule has 2 aliphatic carbocycles. The van der Waals surface area contributed by atoms with Gasteiger partial charge in [-0.3, -0.25) is 9.59 Å². The minimum absolute atomic E-state index is 0.0161. The monoisotopic (exact) mass is 506 g/mol. The first kappa shape index (κ1) is 24.2. The average molecular weight is 507 g/mol. The van der Waals surface area contributed by atoms with Gasteiger partial charge in [0.05, 0.1) is 14.2 Å².